The Morgan fingerprint density at radius 3 is 2.45 bits per heavy atom. The van der Waals surface area contributed by atoms with Crippen LogP contribution in [-0.2, 0) is 20.7 Å². The lowest BCUT2D eigenvalue weighted by Gasteiger charge is -2.41. The number of rotatable bonds is 2. The number of Topliss-reactive ketones (excluding diaryl/α,β-unsaturated/α-hetero) is 1. The average molecular weight is 302 g/mol. The maximum absolute atomic E-state index is 11.9. The smallest absolute Gasteiger partial charge is 0.218 e. The minimum atomic E-state index is -0.652. The van der Waals surface area contributed by atoms with Crippen LogP contribution in [0.5, 0.6) is 0 Å². The van der Waals surface area contributed by atoms with Crippen LogP contribution in [0.25, 0.3) is 0 Å². The van der Waals surface area contributed by atoms with Gasteiger partial charge in [0.15, 0.2) is 5.78 Å². The molecule has 0 amide bonds. The van der Waals surface area contributed by atoms with Gasteiger partial charge >= 0.3 is 0 Å². The van der Waals surface area contributed by atoms with Gasteiger partial charge in [-0.3, -0.25) is 4.79 Å². The Labute approximate surface area is 133 Å². The van der Waals surface area contributed by atoms with Gasteiger partial charge in [0.2, 0.25) is 6.29 Å². The van der Waals surface area contributed by atoms with E-state index in [1.165, 1.54) is 33.4 Å². The first kappa shape index (κ1) is 15.7. The van der Waals surface area contributed by atoms with E-state index in [-0.39, 0.29) is 17.8 Å². The van der Waals surface area contributed by atoms with Gasteiger partial charge in [-0.2, -0.15) is 0 Å². The summed E-state index contributed by atoms with van der Waals surface area (Å²) in [5.74, 6) is 0.319. The first-order valence-corrected chi connectivity index (χ1v) is 8.34. The van der Waals surface area contributed by atoms with E-state index in [9.17, 15) is 4.79 Å². The van der Waals surface area contributed by atoms with Crippen LogP contribution in [0.3, 0.4) is 0 Å². The van der Waals surface area contributed by atoms with Gasteiger partial charge in [0, 0.05) is 12.3 Å². The summed E-state index contributed by atoms with van der Waals surface area (Å²) < 4.78 is 11.7. The molecular formula is C19H26O3. The monoisotopic (exact) mass is 302 g/mol. The van der Waals surface area contributed by atoms with Crippen LogP contribution in [0.2, 0.25) is 0 Å². The molecule has 0 radical (unpaired) electrons. The molecular weight excluding hydrogens is 276 g/mol. The Kier molecular flexibility index (Phi) is 4.13. The zero-order valence-corrected chi connectivity index (χ0v) is 14.3. The molecule has 0 N–H and O–H groups in total. The highest BCUT2D eigenvalue weighted by molar-refractivity contribution is 5.81. The van der Waals surface area contributed by atoms with Crippen LogP contribution in [0.4, 0.5) is 0 Å². The molecule has 0 bridgehead atoms. The molecule has 1 aliphatic heterocycles. The third-order valence-electron chi connectivity index (χ3n) is 5.70. The molecule has 1 fully saturated rings. The minimum Gasteiger partial charge on any atom is -0.345 e. The van der Waals surface area contributed by atoms with Crippen molar-refractivity contribution in [2.24, 2.45) is 0 Å². The molecule has 1 aliphatic carbocycles. The molecule has 3 rings (SSSR count). The van der Waals surface area contributed by atoms with Crippen molar-refractivity contribution in [2.75, 3.05) is 6.61 Å². The van der Waals surface area contributed by atoms with Crippen molar-refractivity contribution in [1.29, 1.82) is 0 Å². The number of hydrogen-bond donors (Lipinski definition) is 0. The van der Waals surface area contributed by atoms with E-state index in [4.69, 9.17) is 9.47 Å². The second-order valence-electron chi connectivity index (χ2n) is 6.70. The van der Waals surface area contributed by atoms with E-state index in [0.717, 1.165) is 12.8 Å². The molecule has 0 aromatic heterocycles. The molecule has 2 aliphatic rings. The Hall–Kier alpha value is -1.19. The van der Waals surface area contributed by atoms with Crippen LogP contribution < -0.4 is 0 Å². The first-order valence-electron chi connectivity index (χ1n) is 8.34. The number of ketones is 1. The summed E-state index contributed by atoms with van der Waals surface area (Å²) in [6, 6.07) is 0. The van der Waals surface area contributed by atoms with E-state index in [2.05, 4.69) is 27.7 Å². The third-order valence-corrected chi connectivity index (χ3v) is 5.70. The van der Waals surface area contributed by atoms with Gasteiger partial charge < -0.3 is 9.47 Å². The van der Waals surface area contributed by atoms with Crippen LogP contribution in [-0.4, -0.2) is 24.8 Å². The van der Waals surface area contributed by atoms with Crippen LogP contribution in [0.1, 0.15) is 59.1 Å². The summed E-state index contributed by atoms with van der Waals surface area (Å²) in [5, 5.41) is 0. The highest BCUT2D eigenvalue weighted by Gasteiger charge is 2.40. The fourth-order valence-corrected chi connectivity index (χ4v) is 4.00. The Morgan fingerprint density at radius 1 is 1.09 bits per heavy atom. The average Bonchev–Trinajstić information content (AvgIpc) is 2.55. The van der Waals surface area contributed by atoms with Crippen molar-refractivity contribution >= 4 is 5.78 Å². The summed E-state index contributed by atoms with van der Waals surface area (Å²) in [7, 11) is 0. The molecule has 3 unspecified atom stereocenters. The largest absolute Gasteiger partial charge is 0.345 e. The normalized spacial score (nSPS) is 27.2. The fourth-order valence-electron chi connectivity index (χ4n) is 4.00. The van der Waals surface area contributed by atoms with Crippen molar-refractivity contribution in [3.05, 3.63) is 33.4 Å². The van der Waals surface area contributed by atoms with Gasteiger partial charge in [0.1, 0.15) is 0 Å². The summed E-state index contributed by atoms with van der Waals surface area (Å²) in [6.45, 7) is 11.3. The third kappa shape index (κ3) is 2.31. The lowest BCUT2D eigenvalue weighted by atomic mass is 9.74. The van der Waals surface area contributed by atoms with E-state index >= 15 is 0 Å². The van der Waals surface area contributed by atoms with Gasteiger partial charge in [0.05, 0.1) is 12.7 Å². The predicted octanol–water partition coefficient (Wildman–Crippen LogP) is 3.67. The van der Waals surface area contributed by atoms with Crippen molar-refractivity contribution < 1.29 is 14.3 Å². The lowest BCUT2D eigenvalue weighted by Crippen LogP contribution is -2.44. The molecule has 120 valence electrons. The van der Waals surface area contributed by atoms with Crippen LogP contribution >= 0.6 is 0 Å². The van der Waals surface area contributed by atoms with Crippen molar-refractivity contribution in [3.8, 4) is 0 Å². The number of benzene rings is 1. The number of carbonyl (C=O) groups excluding carboxylic acids is 1. The van der Waals surface area contributed by atoms with Gasteiger partial charge in [0.25, 0.3) is 0 Å². The van der Waals surface area contributed by atoms with Crippen molar-refractivity contribution in [1.82, 2.24) is 0 Å². The highest BCUT2D eigenvalue weighted by atomic mass is 16.7. The SMILES string of the molecule is CCC(=O)C1OCC2c3c(C)c(C)c(C)c(C)c3CCC2O1. The van der Waals surface area contributed by atoms with E-state index in [1.54, 1.807) is 0 Å². The van der Waals surface area contributed by atoms with Crippen molar-refractivity contribution in [3.63, 3.8) is 0 Å². The zero-order chi connectivity index (χ0) is 16.0. The standard InChI is InChI=1S/C19H26O3/c1-6-16(20)19-21-9-15-17(22-19)8-7-14-12(4)10(2)11(3)13(5)18(14)15/h15,17,19H,6-9H2,1-5H3. The topological polar surface area (TPSA) is 35.5 Å². The molecule has 0 saturated carbocycles. The Morgan fingerprint density at radius 2 is 1.77 bits per heavy atom. The van der Waals surface area contributed by atoms with E-state index in [0.29, 0.717) is 13.0 Å². The maximum atomic E-state index is 11.9. The number of hydrogen-bond acceptors (Lipinski definition) is 3. The molecule has 3 atom stereocenters. The summed E-state index contributed by atoms with van der Waals surface area (Å²) in [4.78, 5) is 11.9. The van der Waals surface area contributed by atoms with Gasteiger partial charge in [-0.25, -0.2) is 0 Å². The number of carbonyl (C=O) groups is 1. The van der Waals surface area contributed by atoms with Crippen molar-refractivity contribution in [2.45, 2.75) is 72.2 Å². The van der Waals surface area contributed by atoms with Gasteiger partial charge in [-0.15, -0.1) is 0 Å². The summed E-state index contributed by atoms with van der Waals surface area (Å²) in [5.41, 5.74) is 8.48. The summed E-state index contributed by atoms with van der Waals surface area (Å²) in [6.07, 6.45) is 1.95. The number of ether oxygens (including phenoxy) is 2. The molecule has 3 heteroatoms. The maximum Gasteiger partial charge on any atom is 0.218 e. The first-order chi connectivity index (χ1) is 10.5. The molecule has 1 heterocycles. The Balaban J connectivity index is 1.97. The highest BCUT2D eigenvalue weighted by Crippen LogP contribution is 2.42. The summed E-state index contributed by atoms with van der Waals surface area (Å²) >= 11 is 0. The lowest BCUT2D eigenvalue weighted by molar-refractivity contribution is -0.220. The van der Waals surface area contributed by atoms with E-state index in [1.807, 2.05) is 6.92 Å². The van der Waals surface area contributed by atoms with Gasteiger partial charge in [-0.05, 0) is 73.9 Å². The molecule has 22 heavy (non-hydrogen) atoms. The zero-order valence-electron chi connectivity index (χ0n) is 14.3. The van der Waals surface area contributed by atoms with E-state index < -0.39 is 6.29 Å². The van der Waals surface area contributed by atoms with Gasteiger partial charge in [-0.1, -0.05) is 6.92 Å². The molecule has 1 saturated heterocycles. The molecule has 3 nitrogen and oxygen atoms in total. The van der Waals surface area contributed by atoms with Crippen LogP contribution in [0, 0.1) is 27.7 Å². The Bertz CT molecular complexity index is 618. The molecule has 1 aromatic rings. The quantitative estimate of drug-likeness (QED) is 0.836. The predicted molar refractivity (Wildman–Crippen MR) is 86.4 cm³/mol. The molecule has 1 aromatic carbocycles. The molecule has 0 spiro atoms. The second-order valence-corrected chi connectivity index (χ2v) is 6.70. The number of fused-ring (bicyclic) bond motifs is 3. The second kappa shape index (κ2) is 5.78. The fraction of sp³-hybridized carbons (Fsp3) is 0.632. The van der Waals surface area contributed by atoms with Crippen LogP contribution in [0.15, 0.2) is 0 Å². The minimum absolute atomic E-state index is 0.0530.